The van der Waals surface area contributed by atoms with E-state index in [4.69, 9.17) is 4.74 Å². The van der Waals surface area contributed by atoms with Crippen molar-refractivity contribution in [3.8, 4) is 0 Å². The quantitative estimate of drug-likeness (QED) is 0.802. The molecule has 1 saturated heterocycles. The number of benzene rings is 1. The minimum absolute atomic E-state index is 0.0287. The summed E-state index contributed by atoms with van der Waals surface area (Å²) in [6.45, 7) is 3.45. The van der Waals surface area contributed by atoms with Gasteiger partial charge in [-0.05, 0) is 5.56 Å². The van der Waals surface area contributed by atoms with Crippen LogP contribution < -0.4 is 10.6 Å². The third kappa shape index (κ3) is 4.24. The number of hydrogen-bond acceptors (Lipinski definition) is 5. The molecule has 22 heavy (non-hydrogen) atoms. The lowest BCUT2D eigenvalue weighted by atomic mass is 9.96. The predicted molar refractivity (Wildman–Crippen MR) is 83.2 cm³/mol. The molecule has 2 N–H and O–H groups in total. The number of hydrogen-bond donors (Lipinski definition) is 2. The highest BCUT2D eigenvalue weighted by molar-refractivity contribution is 8.14. The van der Waals surface area contributed by atoms with Crippen LogP contribution in [-0.2, 0) is 20.9 Å². The summed E-state index contributed by atoms with van der Waals surface area (Å²) in [5.41, 5.74) is 0.868. The van der Waals surface area contributed by atoms with Gasteiger partial charge >= 0.3 is 6.09 Å². The minimum Gasteiger partial charge on any atom is -0.445 e. The summed E-state index contributed by atoms with van der Waals surface area (Å²) in [5, 5.41) is 5.09. The first-order chi connectivity index (χ1) is 10.5. The van der Waals surface area contributed by atoms with Gasteiger partial charge in [-0.2, -0.15) is 0 Å². The van der Waals surface area contributed by atoms with Crippen LogP contribution in [0.2, 0.25) is 0 Å². The van der Waals surface area contributed by atoms with Crippen LogP contribution in [0.5, 0.6) is 0 Å². The predicted octanol–water partition coefficient (Wildman–Crippen LogP) is 1.45. The fraction of sp³-hybridized carbons (Fsp3) is 0.400. The molecule has 1 aromatic rings. The molecule has 0 bridgehead atoms. The molecule has 1 heterocycles. The Balaban J connectivity index is 1.82. The summed E-state index contributed by atoms with van der Waals surface area (Å²) in [6.07, 6.45) is -0.645. The van der Waals surface area contributed by atoms with Gasteiger partial charge in [-0.1, -0.05) is 49.0 Å². The van der Waals surface area contributed by atoms with E-state index in [0.717, 1.165) is 17.3 Å². The Kier molecular flexibility index (Phi) is 5.43. The summed E-state index contributed by atoms with van der Waals surface area (Å²) < 4.78 is 5.09. The van der Waals surface area contributed by atoms with Gasteiger partial charge in [0.05, 0.1) is 6.04 Å². The van der Waals surface area contributed by atoms with Crippen LogP contribution in [0, 0.1) is 0 Å². The molecule has 1 fully saturated rings. The Hall–Kier alpha value is -2.02. The molecular weight excluding hydrogens is 304 g/mol. The topological polar surface area (TPSA) is 84.5 Å². The fourth-order valence-electron chi connectivity index (χ4n) is 2.17. The van der Waals surface area contributed by atoms with Crippen LogP contribution in [0.25, 0.3) is 0 Å². The molecule has 0 aromatic heterocycles. The first-order valence-corrected chi connectivity index (χ1v) is 7.80. The zero-order chi connectivity index (χ0) is 16.1. The number of nitrogens with one attached hydrogen (secondary N) is 2. The van der Waals surface area contributed by atoms with Crippen molar-refractivity contribution in [2.24, 2.45) is 0 Å². The van der Waals surface area contributed by atoms with Crippen molar-refractivity contribution in [3.63, 3.8) is 0 Å². The summed E-state index contributed by atoms with van der Waals surface area (Å²) in [7, 11) is 0. The smallest absolute Gasteiger partial charge is 0.408 e. The highest BCUT2D eigenvalue weighted by Gasteiger charge is 2.44. The van der Waals surface area contributed by atoms with E-state index >= 15 is 0 Å². The van der Waals surface area contributed by atoms with Crippen LogP contribution in [0.4, 0.5) is 4.79 Å². The van der Waals surface area contributed by atoms with Crippen molar-refractivity contribution in [2.75, 3.05) is 0 Å². The van der Waals surface area contributed by atoms with E-state index in [-0.39, 0.29) is 28.9 Å². The number of rotatable bonds is 5. The molecule has 0 saturated carbocycles. The standard InChI is InChI=1S/C15H18N2O4S/c1-9(22-10(2)18)12-13(14(19)16-12)17-15(20)21-8-11-6-4-3-5-7-11/h3-7,9,12-13H,8H2,1-2H3,(H,16,19)(H,17,20)/t9-,12+,13+/m1/s1. The summed E-state index contributed by atoms with van der Waals surface area (Å²) in [6, 6.07) is 8.34. The van der Waals surface area contributed by atoms with Crippen LogP contribution >= 0.6 is 11.8 Å². The van der Waals surface area contributed by atoms with Gasteiger partial charge in [-0.3, -0.25) is 9.59 Å². The zero-order valence-corrected chi connectivity index (χ0v) is 13.2. The third-order valence-electron chi connectivity index (χ3n) is 3.29. The average Bonchev–Trinajstić information content (AvgIpc) is 2.48. The average molecular weight is 322 g/mol. The lowest BCUT2D eigenvalue weighted by molar-refractivity contribution is -0.131. The van der Waals surface area contributed by atoms with Crippen LogP contribution in [-0.4, -0.2) is 34.4 Å². The number of ether oxygens (including phenoxy) is 1. The molecule has 7 heteroatoms. The molecule has 1 aromatic carbocycles. The monoisotopic (exact) mass is 322 g/mol. The van der Waals surface area contributed by atoms with E-state index < -0.39 is 12.1 Å². The highest BCUT2D eigenvalue weighted by atomic mass is 32.2. The highest BCUT2D eigenvalue weighted by Crippen LogP contribution is 2.22. The van der Waals surface area contributed by atoms with Crippen molar-refractivity contribution < 1.29 is 19.1 Å². The van der Waals surface area contributed by atoms with Gasteiger partial charge < -0.3 is 15.4 Å². The number of alkyl carbamates (subject to hydrolysis) is 1. The Bertz CT molecular complexity index is 564. The van der Waals surface area contributed by atoms with E-state index in [1.54, 1.807) is 0 Å². The Morgan fingerprint density at radius 3 is 2.64 bits per heavy atom. The molecule has 2 rings (SSSR count). The molecule has 1 aliphatic rings. The van der Waals surface area contributed by atoms with Crippen LogP contribution in [0.1, 0.15) is 19.4 Å². The van der Waals surface area contributed by atoms with Crippen molar-refractivity contribution in [1.82, 2.24) is 10.6 Å². The van der Waals surface area contributed by atoms with Crippen molar-refractivity contribution in [2.45, 2.75) is 37.8 Å². The van der Waals surface area contributed by atoms with Crippen molar-refractivity contribution in [1.29, 1.82) is 0 Å². The van der Waals surface area contributed by atoms with Gasteiger partial charge in [0.15, 0.2) is 5.12 Å². The maximum absolute atomic E-state index is 11.8. The second kappa shape index (κ2) is 7.31. The Morgan fingerprint density at radius 2 is 2.05 bits per heavy atom. The molecule has 0 spiro atoms. The second-order valence-corrected chi connectivity index (χ2v) is 6.59. The van der Waals surface area contributed by atoms with Crippen molar-refractivity contribution in [3.05, 3.63) is 35.9 Å². The summed E-state index contributed by atoms with van der Waals surface area (Å²) >= 11 is 1.14. The molecule has 3 atom stereocenters. The first-order valence-electron chi connectivity index (χ1n) is 6.92. The molecule has 0 aliphatic carbocycles. The minimum atomic E-state index is -0.662. The normalized spacial score (nSPS) is 21.3. The van der Waals surface area contributed by atoms with E-state index in [9.17, 15) is 14.4 Å². The number of β-lactam (4-membered cyclic amide) rings is 1. The lowest BCUT2D eigenvalue weighted by Crippen LogP contribution is -2.72. The molecule has 0 unspecified atom stereocenters. The van der Waals surface area contributed by atoms with Crippen molar-refractivity contribution >= 4 is 28.9 Å². The summed E-state index contributed by atoms with van der Waals surface area (Å²) in [5.74, 6) is -0.266. The molecular formula is C15H18N2O4S. The third-order valence-corrected chi connectivity index (χ3v) is 4.29. The SMILES string of the molecule is CC(=O)S[C@H](C)[C@@H]1NC(=O)[C@H]1NC(=O)OCc1ccccc1. The van der Waals surface area contributed by atoms with E-state index in [0.29, 0.717) is 0 Å². The zero-order valence-electron chi connectivity index (χ0n) is 12.4. The first kappa shape index (κ1) is 16.4. The molecule has 6 nitrogen and oxygen atoms in total. The van der Waals surface area contributed by atoms with Crippen LogP contribution in [0.3, 0.4) is 0 Å². The number of carbonyl (C=O) groups is 3. The number of thioether (sulfide) groups is 1. The van der Waals surface area contributed by atoms with Gasteiger partial charge in [0.2, 0.25) is 5.91 Å². The fourth-order valence-corrected chi connectivity index (χ4v) is 3.07. The Morgan fingerprint density at radius 1 is 1.36 bits per heavy atom. The molecule has 118 valence electrons. The van der Waals surface area contributed by atoms with Gasteiger partial charge in [-0.25, -0.2) is 4.79 Å². The maximum atomic E-state index is 11.8. The molecule has 0 radical (unpaired) electrons. The van der Waals surface area contributed by atoms with Gasteiger partial charge in [0.25, 0.3) is 0 Å². The Labute approximate surface area is 133 Å². The molecule has 1 aliphatic heterocycles. The largest absolute Gasteiger partial charge is 0.445 e. The number of amides is 2. The van der Waals surface area contributed by atoms with Gasteiger partial charge in [-0.15, -0.1) is 0 Å². The number of carbonyl (C=O) groups excluding carboxylic acids is 3. The van der Waals surface area contributed by atoms with Gasteiger partial charge in [0.1, 0.15) is 12.6 Å². The van der Waals surface area contributed by atoms with Gasteiger partial charge in [0, 0.05) is 12.2 Å². The lowest BCUT2D eigenvalue weighted by Gasteiger charge is -2.39. The van der Waals surface area contributed by atoms with E-state index in [1.165, 1.54) is 6.92 Å². The van der Waals surface area contributed by atoms with E-state index in [1.807, 2.05) is 37.3 Å². The maximum Gasteiger partial charge on any atom is 0.408 e. The van der Waals surface area contributed by atoms with Crippen LogP contribution in [0.15, 0.2) is 30.3 Å². The molecule has 2 amide bonds. The van der Waals surface area contributed by atoms with E-state index in [2.05, 4.69) is 10.6 Å². The second-order valence-electron chi connectivity index (χ2n) is 5.03. The summed E-state index contributed by atoms with van der Waals surface area (Å²) in [4.78, 5) is 34.4.